The number of likely N-dealkylation sites (tertiary alicyclic amines) is 1. The van der Waals surface area contributed by atoms with Gasteiger partial charge in [0.1, 0.15) is 24.0 Å². The van der Waals surface area contributed by atoms with E-state index in [2.05, 4.69) is 52.4 Å². The number of hydrogen-bond donors (Lipinski definition) is 1. The van der Waals surface area contributed by atoms with Crippen LogP contribution >= 0.6 is 11.3 Å². The summed E-state index contributed by atoms with van der Waals surface area (Å²) in [6, 6.07) is 12.0. The zero-order valence-corrected chi connectivity index (χ0v) is 22.5. The summed E-state index contributed by atoms with van der Waals surface area (Å²) in [4.78, 5) is 23.9. The highest BCUT2D eigenvalue weighted by molar-refractivity contribution is 7.13. The van der Waals surface area contributed by atoms with Gasteiger partial charge < -0.3 is 24.4 Å². The lowest BCUT2D eigenvalue weighted by Gasteiger charge is -2.31. The van der Waals surface area contributed by atoms with Crippen LogP contribution in [0.2, 0.25) is 0 Å². The smallest absolute Gasteiger partial charge is 0.245 e. The molecule has 0 radical (unpaired) electrons. The van der Waals surface area contributed by atoms with Gasteiger partial charge in [-0.25, -0.2) is 9.97 Å². The number of aryl methyl sites for hydroxylation is 1. The number of methoxy groups -OCH3 is 2. The number of aromatic nitrogens is 2. The number of nitrogens with zero attached hydrogens (tertiary/aromatic N) is 3. The van der Waals surface area contributed by atoms with E-state index in [1.165, 1.54) is 22.8 Å². The van der Waals surface area contributed by atoms with Gasteiger partial charge in [0, 0.05) is 42.3 Å². The Hall–Kier alpha value is -4.11. The Bertz CT molecular complexity index is 1480. The number of hydrogen-bond acceptors (Lipinski definition) is 8. The van der Waals surface area contributed by atoms with Crippen LogP contribution < -0.4 is 19.5 Å². The van der Waals surface area contributed by atoms with Crippen molar-refractivity contribution in [2.45, 2.75) is 25.9 Å². The van der Waals surface area contributed by atoms with E-state index in [0.29, 0.717) is 36.2 Å². The molecule has 0 atom stereocenters. The van der Waals surface area contributed by atoms with E-state index in [1.807, 2.05) is 18.2 Å². The van der Waals surface area contributed by atoms with Crippen molar-refractivity contribution in [3.63, 3.8) is 0 Å². The number of thiophene rings is 1. The summed E-state index contributed by atoms with van der Waals surface area (Å²) in [5, 5.41) is 6.35. The Morgan fingerprint density at radius 2 is 1.87 bits per heavy atom. The minimum Gasteiger partial charge on any atom is -0.495 e. The van der Waals surface area contributed by atoms with Gasteiger partial charge in [-0.2, -0.15) is 0 Å². The van der Waals surface area contributed by atoms with E-state index in [0.717, 1.165) is 35.0 Å². The monoisotopic (exact) mass is 530 g/mol. The highest BCUT2D eigenvalue weighted by atomic mass is 32.1. The van der Waals surface area contributed by atoms with Crippen LogP contribution in [0.15, 0.2) is 60.8 Å². The molecule has 0 spiro atoms. The standard InChI is InChI=1S/C29H30N4O4S/c1-5-27(34)33-11-8-20(9-12-33)37-26-15-21-22(16-25(26)36-4)30-17-31-29(21)32-23-14-19(6-7-24(23)35-3)28-18(2)10-13-38-28/h5-7,10,13-17,20H,1,8-9,11-12H2,2-4H3,(H,30,31,32). The number of carbonyl (C=O) groups is 1. The number of amides is 1. The molecule has 1 fully saturated rings. The molecular weight excluding hydrogens is 500 g/mol. The van der Waals surface area contributed by atoms with Gasteiger partial charge in [0.15, 0.2) is 11.5 Å². The molecule has 5 rings (SSSR count). The summed E-state index contributed by atoms with van der Waals surface area (Å²) in [5.41, 5.74) is 3.86. The van der Waals surface area contributed by atoms with Crippen molar-refractivity contribution in [3.8, 4) is 27.7 Å². The van der Waals surface area contributed by atoms with E-state index in [-0.39, 0.29) is 12.0 Å². The van der Waals surface area contributed by atoms with Crippen molar-refractivity contribution in [1.29, 1.82) is 0 Å². The van der Waals surface area contributed by atoms with E-state index in [1.54, 1.807) is 30.5 Å². The number of rotatable bonds is 8. The average Bonchev–Trinajstić information content (AvgIpc) is 3.38. The van der Waals surface area contributed by atoms with E-state index >= 15 is 0 Å². The average molecular weight is 531 g/mol. The molecule has 2 aromatic heterocycles. The van der Waals surface area contributed by atoms with Crippen molar-refractivity contribution in [2.24, 2.45) is 0 Å². The lowest BCUT2D eigenvalue weighted by atomic mass is 10.1. The summed E-state index contributed by atoms with van der Waals surface area (Å²) in [7, 11) is 3.27. The Labute approximate surface area is 225 Å². The molecular formula is C29H30N4O4S. The Morgan fingerprint density at radius 1 is 1.08 bits per heavy atom. The van der Waals surface area contributed by atoms with Crippen molar-refractivity contribution < 1.29 is 19.0 Å². The third-order valence-corrected chi connectivity index (χ3v) is 7.79. The second kappa shape index (κ2) is 11.1. The third-order valence-electron chi connectivity index (χ3n) is 6.72. The first kappa shape index (κ1) is 25.5. The first-order chi connectivity index (χ1) is 18.5. The molecule has 1 aliphatic rings. The molecule has 3 heterocycles. The second-order valence-corrected chi connectivity index (χ2v) is 9.98. The molecule has 0 bridgehead atoms. The van der Waals surface area contributed by atoms with Crippen LogP contribution in [-0.4, -0.2) is 54.2 Å². The minimum atomic E-state index is -0.0478. The molecule has 0 aliphatic carbocycles. The molecule has 9 heteroatoms. The molecule has 38 heavy (non-hydrogen) atoms. The lowest BCUT2D eigenvalue weighted by molar-refractivity contribution is -0.127. The largest absolute Gasteiger partial charge is 0.495 e. The van der Waals surface area contributed by atoms with Crippen molar-refractivity contribution in [3.05, 3.63) is 66.3 Å². The Balaban J connectivity index is 1.46. The molecule has 1 aliphatic heterocycles. The van der Waals surface area contributed by atoms with Crippen molar-refractivity contribution in [2.75, 3.05) is 32.6 Å². The highest BCUT2D eigenvalue weighted by Gasteiger charge is 2.24. The number of nitrogens with one attached hydrogen (secondary N) is 1. The summed E-state index contributed by atoms with van der Waals surface area (Å²) in [5.74, 6) is 2.50. The van der Waals surface area contributed by atoms with E-state index < -0.39 is 0 Å². The maximum atomic E-state index is 11.9. The van der Waals surface area contributed by atoms with Gasteiger partial charge in [-0.3, -0.25) is 4.79 Å². The predicted octanol–water partition coefficient (Wildman–Crippen LogP) is 5.98. The quantitative estimate of drug-likeness (QED) is 0.280. The summed E-state index contributed by atoms with van der Waals surface area (Å²) >= 11 is 1.71. The number of fused-ring (bicyclic) bond motifs is 1. The van der Waals surface area contributed by atoms with Gasteiger partial charge in [-0.05, 0) is 59.8 Å². The van der Waals surface area contributed by atoms with Gasteiger partial charge in [-0.1, -0.05) is 6.58 Å². The zero-order chi connectivity index (χ0) is 26.6. The van der Waals surface area contributed by atoms with Crippen LogP contribution in [0.5, 0.6) is 17.2 Å². The molecule has 196 valence electrons. The van der Waals surface area contributed by atoms with Crippen LogP contribution in [0.3, 0.4) is 0 Å². The fourth-order valence-corrected chi connectivity index (χ4v) is 5.59. The molecule has 1 saturated heterocycles. The third kappa shape index (κ3) is 5.15. The van der Waals surface area contributed by atoms with Gasteiger partial charge in [0.2, 0.25) is 5.91 Å². The first-order valence-corrected chi connectivity index (χ1v) is 13.3. The fraction of sp³-hybridized carbons (Fsp3) is 0.276. The van der Waals surface area contributed by atoms with Crippen LogP contribution in [0.1, 0.15) is 18.4 Å². The first-order valence-electron chi connectivity index (χ1n) is 12.4. The van der Waals surface area contributed by atoms with Gasteiger partial charge in [0.25, 0.3) is 0 Å². The van der Waals surface area contributed by atoms with Crippen LogP contribution in [0, 0.1) is 6.92 Å². The molecule has 1 N–H and O–H groups in total. The number of benzene rings is 2. The molecule has 0 saturated carbocycles. The van der Waals surface area contributed by atoms with Crippen molar-refractivity contribution >= 4 is 39.7 Å². The Morgan fingerprint density at radius 3 is 2.55 bits per heavy atom. The Kier molecular flexibility index (Phi) is 7.46. The van der Waals surface area contributed by atoms with Crippen LogP contribution in [-0.2, 0) is 4.79 Å². The van der Waals surface area contributed by atoms with Gasteiger partial charge in [0.05, 0.1) is 25.4 Å². The van der Waals surface area contributed by atoms with Gasteiger partial charge >= 0.3 is 0 Å². The summed E-state index contributed by atoms with van der Waals surface area (Å²) < 4.78 is 17.7. The van der Waals surface area contributed by atoms with E-state index in [9.17, 15) is 4.79 Å². The number of ether oxygens (including phenoxy) is 3. The topological polar surface area (TPSA) is 85.8 Å². The molecule has 1 amide bonds. The number of carbonyl (C=O) groups excluding carboxylic acids is 1. The summed E-state index contributed by atoms with van der Waals surface area (Å²) in [6.45, 7) is 6.94. The number of anilines is 2. The fourth-order valence-electron chi connectivity index (χ4n) is 4.66. The minimum absolute atomic E-state index is 0.0398. The SMILES string of the molecule is C=CC(=O)N1CCC(Oc2cc3c(Nc4cc(-c5sccc5C)ccc4OC)ncnc3cc2OC)CC1. The molecule has 0 unspecified atom stereocenters. The second-order valence-electron chi connectivity index (χ2n) is 9.06. The highest BCUT2D eigenvalue weighted by Crippen LogP contribution is 2.39. The lowest BCUT2D eigenvalue weighted by Crippen LogP contribution is -2.41. The van der Waals surface area contributed by atoms with Crippen LogP contribution in [0.25, 0.3) is 21.3 Å². The predicted molar refractivity (Wildman–Crippen MR) is 151 cm³/mol. The molecule has 4 aromatic rings. The normalized spacial score (nSPS) is 13.8. The van der Waals surface area contributed by atoms with Crippen LogP contribution in [0.4, 0.5) is 11.5 Å². The van der Waals surface area contributed by atoms with E-state index in [4.69, 9.17) is 14.2 Å². The van der Waals surface area contributed by atoms with Crippen molar-refractivity contribution in [1.82, 2.24) is 14.9 Å². The summed E-state index contributed by atoms with van der Waals surface area (Å²) in [6.07, 6.45) is 4.29. The zero-order valence-electron chi connectivity index (χ0n) is 21.7. The maximum Gasteiger partial charge on any atom is 0.245 e. The molecule has 2 aromatic carbocycles. The molecule has 8 nitrogen and oxygen atoms in total. The van der Waals surface area contributed by atoms with Gasteiger partial charge in [-0.15, -0.1) is 11.3 Å². The maximum absolute atomic E-state index is 11.9. The number of piperidine rings is 1.